The fourth-order valence-corrected chi connectivity index (χ4v) is 2.93. The molecule has 110 valence electrons. The second-order valence-corrected chi connectivity index (χ2v) is 5.81. The highest BCUT2D eigenvalue weighted by atomic mass is 16.6. The summed E-state index contributed by atoms with van der Waals surface area (Å²) in [6, 6.07) is 6.25. The molecular weight excluding hydrogens is 256 g/mol. The van der Waals surface area contributed by atoms with Crippen LogP contribution in [-0.4, -0.2) is 36.1 Å². The third kappa shape index (κ3) is 4.20. The molecule has 0 spiro atoms. The number of hydrogen-bond acceptors (Lipinski definition) is 4. The average Bonchev–Trinajstić information content (AvgIpc) is 2.38. The van der Waals surface area contributed by atoms with Gasteiger partial charge in [-0.2, -0.15) is 0 Å². The Labute approximate surface area is 119 Å². The molecule has 0 unspecified atom stereocenters. The van der Waals surface area contributed by atoms with Gasteiger partial charge in [-0.3, -0.25) is 15.0 Å². The summed E-state index contributed by atoms with van der Waals surface area (Å²) in [6.07, 6.45) is 1.31. The Kier molecular flexibility index (Phi) is 4.95. The van der Waals surface area contributed by atoms with Crippen LogP contribution in [0.15, 0.2) is 24.3 Å². The number of non-ortho nitro benzene ring substituents is 1. The highest BCUT2D eigenvalue weighted by Crippen LogP contribution is 2.21. The van der Waals surface area contributed by atoms with E-state index in [1.54, 1.807) is 12.1 Å². The zero-order valence-corrected chi connectivity index (χ0v) is 12.1. The molecule has 1 aliphatic rings. The standard InChI is InChI=1S/C15H22N2O3/c1-12-9-13(2)11-16(10-12)7-8-20-15-5-3-14(4-6-15)17(18)19/h3-6,12-13H,7-11H2,1-2H3/t12-,13-/m0/s1. The van der Waals surface area contributed by atoms with Gasteiger partial charge in [0.1, 0.15) is 12.4 Å². The highest BCUT2D eigenvalue weighted by Gasteiger charge is 2.21. The minimum absolute atomic E-state index is 0.0935. The molecule has 1 fully saturated rings. The highest BCUT2D eigenvalue weighted by molar-refractivity contribution is 5.35. The van der Waals surface area contributed by atoms with Gasteiger partial charge in [-0.25, -0.2) is 0 Å². The van der Waals surface area contributed by atoms with E-state index in [9.17, 15) is 10.1 Å². The number of nitrogens with zero attached hydrogens (tertiary/aromatic N) is 2. The van der Waals surface area contributed by atoms with Gasteiger partial charge in [0.05, 0.1) is 4.92 Å². The lowest BCUT2D eigenvalue weighted by atomic mass is 9.92. The average molecular weight is 278 g/mol. The number of benzene rings is 1. The molecule has 1 aromatic rings. The van der Waals surface area contributed by atoms with Crippen LogP contribution < -0.4 is 4.74 Å². The molecule has 1 aromatic carbocycles. The lowest BCUT2D eigenvalue weighted by Crippen LogP contribution is -2.40. The largest absolute Gasteiger partial charge is 0.492 e. The first-order valence-corrected chi connectivity index (χ1v) is 7.14. The van der Waals surface area contributed by atoms with Crippen molar-refractivity contribution in [2.45, 2.75) is 20.3 Å². The van der Waals surface area contributed by atoms with Gasteiger partial charge in [-0.15, -0.1) is 0 Å². The van der Waals surface area contributed by atoms with E-state index in [2.05, 4.69) is 18.7 Å². The molecular formula is C15H22N2O3. The van der Waals surface area contributed by atoms with Crippen LogP contribution in [0.4, 0.5) is 5.69 Å². The van der Waals surface area contributed by atoms with E-state index in [4.69, 9.17) is 4.74 Å². The van der Waals surface area contributed by atoms with Crippen LogP contribution in [0.3, 0.4) is 0 Å². The first-order chi connectivity index (χ1) is 9.54. The minimum atomic E-state index is -0.402. The number of likely N-dealkylation sites (tertiary alicyclic amines) is 1. The smallest absolute Gasteiger partial charge is 0.269 e. The van der Waals surface area contributed by atoms with Crippen molar-refractivity contribution < 1.29 is 9.66 Å². The molecule has 0 radical (unpaired) electrons. The maximum Gasteiger partial charge on any atom is 0.269 e. The Morgan fingerprint density at radius 2 is 1.85 bits per heavy atom. The zero-order valence-electron chi connectivity index (χ0n) is 12.1. The Morgan fingerprint density at radius 1 is 1.25 bits per heavy atom. The van der Waals surface area contributed by atoms with Gasteiger partial charge in [0.15, 0.2) is 0 Å². The van der Waals surface area contributed by atoms with E-state index in [1.807, 2.05) is 0 Å². The van der Waals surface area contributed by atoms with Crippen LogP contribution in [0.2, 0.25) is 0 Å². The van der Waals surface area contributed by atoms with E-state index in [-0.39, 0.29) is 5.69 Å². The van der Waals surface area contributed by atoms with E-state index >= 15 is 0 Å². The summed E-state index contributed by atoms with van der Waals surface area (Å²) < 4.78 is 5.65. The molecule has 5 nitrogen and oxygen atoms in total. The van der Waals surface area contributed by atoms with Crippen molar-refractivity contribution in [2.75, 3.05) is 26.2 Å². The summed E-state index contributed by atoms with van der Waals surface area (Å²) in [6.45, 7) is 8.38. The summed E-state index contributed by atoms with van der Waals surface area (Å²) in [5.41, 5.74) is 0.0935. The number of rotatable bonds is 5. The summed E-state index contributed by atoms with van der Waals surface area (Å²) in [5, 5.41) is 10.6. The fourth-order valence-electron chi connectivity index (χ4n) is 2.93. The van der Waals surface area contributed by atoms with Crippen molar-refractivity contribution in [1.29, 1.82) is 0 Å². The summed E-state index contributed by atoms with van der Waals surface area (Å²) in [7, 11) is 0. The van der Waals surface area contributed by atoms with Gasteiger partial charge in [0.25, 0.3) is 5.69 Å². The topological polar surface area (TPSA) is 55.6 Å². The maximum absolute atomic E-state index is 10.6. The van der Waals surface area contributed by atoms with E-state index < -0.39 is 4.92 Å². The summed E-state index contributed by atoms with van der Waals surface area (Å²) in [4.78, 5) is 12.6. The zero-order chi connectivity index (χ0) is 14.5. The van der Waals surface area contributed by atoms with Crippen LogP contribution in [0.25, 0.3) is 0 Å². The van der Waals surface area contributed by atoms with E-state index in [0.29, 0.717) is 12.4 Å². The molecule has 0 amide bonds. The van der Waals surface area contributed by atoms with Crippen molar-refractivity contribution >= 4 is 5.69 Å². The maximum atomic E-state index is 10.6. The molecule has 0 saturated carbocycles. The Morgan fingerprint density at radius 3 is 2.40 bits per heavy atom. The van der Waals surface area contributed by atoms with Gasteiger partial charge in [0, 0.05) is 31.8 Å². The van der Waals surface area contributed by atoms with E-state index in [0.717, 1.165) is 31.5 Å². The monoisotopic (exact) mass is 278 g/mol. The summed E-state index contributed by atoms with van der Waals surface area (Å²) >= 11 is 0. The first-order valence-electron chi connectivity index (χ1n) is 7.14. The molecule has 1 heterocycles. The molecule has 1 aliphatic heterocycles. The lowest BCUT2D eigenvalue weighted by molar-refractivity contribution is -0.384. The van der Waals surface area contributed by atoms with Crippen molar-refractivity contribution in [3.05, 3.63) is 34.4 Å². The minimum Gasteiger partial charge on any atom is -0.492 e. The molecule has 0 bridgehead atoms. The van der Waals surface area contributed by atoms with Crippen LogP contribution in [0.1, 0.15) is 20.3 Å². The van der Waals surface area contributed by atoms with Gasteiger partial charge in [-0.1, -0.05) is 13.8 Å². The number of ether oxygens (including phenoxy) is 1. The van der Waals surface area contributed by atoms with Crippen LogP contribution in [0.5, 0.6) is 5.75 Å². The lowest BCUT2D eigenvalue weighted by Gasteiger charge is -2.34. The summed E-state index contributed by atoms with van der Waals surface area (Å²) in [5.74, 6) is 2.19. The predicted molar refractivity (Wildman–Crippen MR) is 78.0 cm³/mol. The second kappa shape index (κ2) is 6.70. The molecule has 1 saturated heterocycles. The van der Waals surface area contributed by atoms with Crippen molar-refractivity contribution in [1.82, 2.24) is 4.90 Å². The Balaban J connectivity index is 1.76. The predicted octanol–water partition coefficient (Wildman–Crippen LogP) is 2.95. The van der Waals surface area contributed by atoms with Crippen LogP contribution in [-0.2, 0) is 0 Å². The van der Waals surface area contributed by atoms with E-state index in [1.165, 1.54) is 18.6 Å². The normalized spacial score (nSPS) is 23.5. The number of nitro groups is 1. The van der Waals surface area contributed by atoms with Crippen molar-refractivity contribution in [2.24, 2.45) is 11.8 Å². The fraction of sp³-hybridized carbons (Fsp3) is 0.600. The molecule has 0 N–H and O–H groups in total. The Bertz CT molecular complexity index is 437. The second-order valence-electron chi connectivity index (χ2n) is 5.81. The Hall–Kier alpha value is -1.62. The molecule has 2 atom stereocenters. The first kappa shape index (κ1) is 14.8. The third-order valence-electron chi connectivity index (χ3n) is 3.67. The number of piperidine rings is 1. The molecule has 0 aromatic heterocycles. The van der Waals surface area contributed by atoms with Gasteiger partial charge >= 0.3 is 0 Å². The number of hydrogen-bond donors (Lipinski definition) is 0. The van der Waals surface area contributed by atoms with Crippen LogP contribution in [0, 0.1) is 22.0 Å². The molecule has 20 heavy (non-hydrogen) atoms. The van der Waals surface area contributed by atoms with Crippen LogP contribution >= 0.6 is 0 Å². The third-order valence-corrected chi connectivity index (χ3v) is 3.67. The molecule has 0 aliphatic carbocycles. The van der Waals surface area contributed by atoms with Gasteiger partial charge in [-0.05, 0) is 30.4 Å². The van der Waals surface area contributed by atoms with Gasteiger partial charge in [0.2, 0.25) is 0 Å². The number of nitro benzene ring substituents is 1. The van der Waals surface area contributed by atoms with Gasteiger partial charge < -0.3 is 4.74 Å². The van der Waals surface area contributed by atoms with Crippen molar-refractivity contribution in [3.63, 3.8) is 0 Å². The SMILES string of the molecule is C[C@H]1C[C@H](C)CN(CCOc2ccc([N+](=O)[O-])cc2)C1. The van der Waals surface area contributed by atoms with Crippen molar-refractivity contribution in [3.8, 4) is 5.75 Å². The molecule has 5 heteroatoms. The quantitative estimate of drug-likeness (QED) is 0.614. The molecule has 2 rings (SSSR count).